The summed E-state index contributed by atoms with van der Waals surface area (Å²) in [7, 11) is 1.59. The molecular weight excluding hydrogens is 540 g/mol. The lowest BCUT2D eigenvalue weighted by Crippen LogP contribution is -2.40. The van der Waals surface area contributed by atoms with Crippen molar-refractivity contribution >= 4 is 50.1 Å². The van der Waals surface area contributed by atoms with Crippen molar-refractivity contribution in [3.8, 4) is 5.75 Å². The highest BCUT2D eigenvalue weighted by molar-refractivity contribution is 9.10. The SMILES string of the molecule is CCOC(=O)C1=C(C)N=c2s/c(=C/c3cccc(Br)c3)c(=O)n2[C@H]1c1c(OC)ccc2ccccc12. The molecule has 0 saturated carbocycles. The molecule has 0 N–H and O–H groups in total. The summed E-state index contributed by atoms with van der Waals surface area (Å²) < 4.78 is 14.2. The molecule has 0 bridgehead atoms. The summed E-state index contributed by atoms with van der Waals surface area (Å²) in [4.78, 5) is 32.4. The van der Waals surface area contributed by atoms with E-state index in [2.05, 4.69) is 20.9 Å². The van der Waals surface area contributed by atoms with E-state index in [4.69, 9.17) is 9.47 Å². The Kier molecular flexibility index (Phi) is 6.64. The number of carbonyl (C=O) groups is 1. The van der Waals surface area contributed by atoms with Gasteiger partial charge in [0.1, 0.15) is 11.8 Å². The zero-order valence-corrected chi connectivity index (χ0v) is 22.4. The molecule has 3 aromatic carbocycles. The van der Waals surface area contributed by atoms with Crippen molar-refractivity contribution in [1.29, 1.82) is 0 Å². The number of carbonyl (C=O) groups excluding carboxylic acids is 1. The Morgan fingerprint density at radius 2 is 1.97 bits per heavy atom. The minimum atomic E-state index is -0.758. The fraction of sp³-hybridized carbons (Fsp3) is 0.179. The van der Waals surface area contributed by atoms with E-state index in [-0.39, 0.29) is 12.2 Å². The van der Waals surface area contributed by atoms with E-state index in [1.165, 1.54) is 11.3 Å². The maximum absolute atomic E-state index is 13.9. The van der Waals surface area contributed by atoms with Gasteiger partial charge in [0.15, 0.2) is 4.80 Å². The summed E-state index contributed by atoms with van der Waals surface area (Å²) in [6.07, 6.45) is 1.84. The van der Waals surface area contributed by atoms with Gasteiger partial charge in [0.2, 0.25) is 0 Å². The first-order valence-corrected chi connectivity index (χ1v) is 13.0. The number of hydrogen-bond acceptors (Lipinski definition) is 6. The lowest BCUT2D eigenvalue weighted by Gasteiger charge is -2.27. The summed E-state index contributed by atoms with van der Waals surface area (Å²) >= 11 is 4.78. The normalized spacial score (nSPS) is 15.6. The van der Waals surface area contributed by atoms with Gasteiger partial charge in [-0.1, -0.05) is 69.7 Å². The number of hydrogen-bond donors (Lipinski definition) is 0. The fourth-order valence-electron chi connectivity index (χ4n) is 4.55. The number of ether oxygens (including phenoxy) is 2. The zero-order valence-electron chi connectivity index (χ0n) is 19.9. The summed E-state index contributed by atoms with van der Waals surface area (Å²) in [6.45, 7) is 3.75. The number of allylic oxidation sites excluding steroid dienone is 1. The number of thiazole rings is 1. The third kappa shape index (κ3) is 4.20. The number of nitrogens with zero attached hydrogens (tertiary/aromatic N) is 2. The van der Waals surface area contributed by atoms with Crippen molar-refractivity contribution in [3.05, 3.63) is 107 Å². The van der Waals surface area contributed by atoms with Crippen LogP contribution in [0.4, 0.5) is 0 Å². The molecule has 0 unspecified atom stereocenters. The first kappa shape index (κ1) is 24.2. The van der Waals surface area contributed by atoms with Crippen LogP contribution >= 0.6 is 27.3 Å². The molecule has 0 aliphatic carbocycles. The second-order valence-electron chi connectivity index (χ2n) is 8.26. The molecular formula is C28H23BrN2O4S. The van der Waals surface area contributed by atoms with Gasteiger partial charge < -0.3 is 9.47 Å². The van der Waals surface area contributed by atoms with Crippen LogP contribution in [-0.4, -0.2) is 24.3 Å². The van der Waals surface area contributed by atoms with Gasteiger partial charge in [0.25, 0.3) is 5.56 Å². The molecule has 5 rings (SSSR count). The summed E-state index contributed by atoms with van der Waals surface area (Å²) in [5.41, 5.74) is 2.22. The van der Waals surface area contributed by atoms with E-state index in [9.17, 15) is 9.59 Å². The Hall–Kier alpha value is -3.49. The average Bonchev–Trinajstić information content (AvgIpc) is 3.16. The Bertz CT molecular complexity index is 1720. The maximum Gasteiger partial charge on any atom is 0.338 e. The summed E-state index contributed by atoms with van der Waals surface area (Å²) in [6, 6.07) is 18.7. The summed E-state index contributed by atoms with van der Waals surface area (Å²) in [5, 5.41) is 1.86. The highest BCUT2D eigenvalue weighted by Gasteiger charge is 2.36. The number of esters is 1. The van der Waals surface area contributed by atoms with E-state index < -0.39 is 12.0 Å². The van der Waals surface area contributed by atoms with Crippen LogP contribution in [0.3, 0.4) is 0 Å². The van der Waals surface area contributed by atoms with Crippen LogP contribution in [0.1, 0.15) is 31.0 Å². The van der Waals surface area contributed by atoms with Crippen LogP contribution < -0.4 is 19.6 Å². The molecule has 0 radical (unpaired) electrons. The van der Waals surface area contributed by atoms with Gasteiger partial charge in [-0.05, 0) is 54.5 Å². The van der Waals surface area contributed by atoms with E-state index in [0.29, 0.717) is 26.4 Å². The fourth-order valence-corrected chi connectivity index (χ4v) is 6.01. The predicted molar refractivity (Wildman–Crippen MR) is 145 cm³/mol. The quantitative estimate of drug-likeness (QED) is 0.330. The highest BCUT2D eigenvalue weighted by atomic mass is 79.9. The molecule has 0 amide bonds. The molecule has 1 aliphatic heterocycles. The van der Waals surface area contributed by atoms with E-state index in [1.807, 2.05) is 66.7 Å². The van der Waals surface area contributed by atoms with E-state index in [1.54, 1.807) is 25.5 Å². The zero-order chi connectivity index (χ0) is 25.4. The van der Waals surface area contributed by atoms with E-state index >= 15 is 0 Å². The highest BCUT2D eigenvalue weighted by Crippen LogP contribution is 2.40. The van der Waals surface area contributed by atoms with Crippen molar-refractivity contribution in [2.75, 3.05) is 13.7 Å². The van der Waals surface area contributed by atoms with Crippen LogP contribution in [0.15, 0.2) is 86.2 Å². The van der Waals surface area contributed by atoms with Crippen LogP contribution in [0.2, 0.25) is 0 Å². The number of halogens is 1. The van der Waals surface area contributed by atoms with Crippen molar-refractivity contribution in [2.45, 2.75) is 19.9 Å². The number of rotatable bonds is 5. The Morgan fingerprint density at radius 1 is 1.17 bits per heavy atom. The van der Waals surface area contributed by atoms with Crippen molar-refractivity contribution in [2.24, 2.45) is 4.99 Å². The smallest absolute Gasteiger partial charge is 0.338 e. The van der Waals surface area contributed by atoms with Crippen LogP contribution in [0.25, 0.3) is 16.8 Å². The van der Waals surface area contributed by atoms with Crippen LogP contribution in [0, 0.1) is 0 Å². The molecule has 6 nitrogen and oxygen atoms in total. The molecule has 36 heavy (non-hydrogen) atoms. The number of aromatic nitrogens is 1. The minimum absolute atomic E-state index is 0.211. The molecule has 8 heteroatoms. The van der Waals surface area contributed by atoms with Gasteiger partial charge in [0, 0.05) is 10.0 Å². The second-order valence-corrected chi connectivity index (χ2v) is 10.2. The van der Waals surface area contributed by atoms with E-state index in [0.717, 1.165) is 26.4 Å². The molecule has 1 atom stereocenters. The topological polar surface area (TPSA) is 69.9 Å². The van der Waals surface area contributed by atoms with Crippen LogP contribution in [-0.2, 0) is 9.53 Å². The number of methoxy groups -OCH3 is 1. The molecule has 0 saturated heterocycles. The Morgan fingerprint density at radius 3 is 2.72 bits per heavy atom. The number of fused-ring (bicyclic) bond motifs is 2. The molecule has 182 valence electrons. The lowest BCUT2D eigenvalue weighted by atomic mass is 9.90. The third-order valence-electron chi connectivity index (χ3n) is 6.09. The monoisotopic (exact) mass is 562 g/mol. The van der Waals surface area contributed by atoms with Crippen LogP contribution in [0.5, 0.6) is 5.75 Å². The number of benzene rings is 3. The largest absolute Gasteiger partial charge is 0.496 e. The summed E-state index contributed by atoms with van der Waals surface area (Å²) in [5.74, 6) is 0.0803. The molecule has 2 heterocycles. The van der Waals surface area contributed by atoms with Gasteiger partial charge in [0.05, 0.1) is 29.5 Å². The minimum Gasteiger partial charge on any atom is -0.496 e. The Balaban J connectivity index is 1.86. The van der Waals surface area contributed by atoms with Gasteiger partial charge in [-0.25, -0.2) is 9.79 Å². The molecule has 1 aliphatic rings. The van der Waals surface area contributed by atoms with Crippen molar-refractivity contribution in [1.82, 2.24) is 4.57 Å². The molecule has 1 aromatic heterocycles. The molecule has 0 fully saturated rings. The lowest BCUT2D eigenvalue weighted by molar-refractivity contribution is -0.139. The van der Waals surface area contributed by atoms with Gasteiger partial charge in [-0.2, -0.15) is 0 Å². The van der Waals surface area contributed by atoms with Gasteiger partial charge >= 0.3 is 5.97 Å². The molecule has 0 spiro atoms. The first-order chi connectivity index (χ1) is 17.4. The van der Waals surface area contributed by atoms with Crippen molar-refractivity contribution in [3.63, 3.8) is 0 Å². The second kappa shape index (κ2) is 9.87. The third-order valence-corrected chi connectivity index (χ3v) is 7.56. The average molecular weight is 563 g/mol. The standard InChI is InChI=1S/C28H23BrN2O4S/c1-4-35-27(33)23-16(2)30-28-31(26(32)22(36-28)15-17-8-7-10-19(29)14-17)25(23)24-20-11-6-5-9-18(20)12-13-21(24)34-3/h5-15,25H,4H2,1-3H3/b22-15+/t25-/m1/s1. The van der Waals surface area contributed by atoms with Gasteiger partial charge in [-0.15, -0.1) is 0 Å². The maximum atomic E-state index is 13.9. The van der Waals surface area contributed by atoms with Gasteiger partial charge in [-0.3, -0.25) is 9.36 Å². The van der Waals surface area contributed by atoms with Crippen molar-refractivity contribution < 1.29 is 14.3 Å². The molecule has 4 aromatic rings. The first-order valence-electron chi connectivity index (χ1n) is 11.4. The predicted octanol–water partition coefficient (Wildman–Crippen LogP) is 4.72. The Labute approximate surface area is 220 Å².